The quantitative estimate of drug-likeness (QED) is 0.0446. The molecule has 0 aromatic rings. The van der Waals surface area contributed by atoms with Gasteiger partial charge in [0.1, 0.15) is 0 Å². The predicted molar refractivity (Wildman–Crippen MR) is 313 cm³/mol. The van der Waals surface area contributed by atoms with Crippen LogP contribution >= 0.6 is 0 Å². The third kappa shape index (κ3) is 45.7. The highest BCUT2D eigenvalue weighted by atomic mass is 16.5. The molecule has 7 heteroatoms. The Hall–Kier alpha value is -1.63. The van der Waals surface area contributed by atoms with E-state index in [2.05, 4.69) is 58.5 Å². The number of amides is 1. The van der Waals surface area contributed by atoms with Gasteiger partial charge in [0.15, 0.2) is 0 Å². The Kier molecular flexibility index (Phi) is 54.3. The SMILES string of the molecule is CCCCCCCCC(=O)N(CCCN(C)C)C(CCCCCCCCCOC(=O)C(CCCCCC)CCCCCCCC)CCCCCCCCCOC(=O)C(CCCCCC)CCCCCCCC. The number of hydrogen-bond donors (Lipinski definition) is 0. The van der Waals surface area contributed by atoms with Gasteiger partial charge < -0.3 is 19.3 Å². The van der Waals surface area contributed by atoms with Crippen molar-refractivity contribution in [2.75, 3.05) is 40.4 Å². The molecule has 2 atom stereocenters. The van der Waals surface area contributed by atoms with Crippen molar-refractivity contribution in [3.63, 3.8) is 0 Å². The number of nitrogens with zero attached hydrogens (tertiary/aromatic N) is 2. The second kappa shape index (κ2) is 55.6. The molecule has 72 heavy (non-hydrogen) atoms. The van der Waals surface area contributed by atoms with Crippen LogP contribution in [0.1, 0.15) is 343 Å². The number of rotatable bonds is 58. The van der Waals surface area contributed by atoms with Crippen molar-refractivity contribution in [3.8, 4) is 0 Å². The number of ether oxygens (including phenoxy) is 2. The fraction of sp³-hybridized carbons (Fsp3) is 0.954. The molecule has 2 unspecified atom stereocenters. The second-order valence-corrected chi connectivity index (χ2v) is 23.0. The summed E-state index contributed by atoms with van der Waals surface area (Å²) < 4.78 is 11.8. The molecule has 0 aromatic heterocycles. The van der Waals surface area contributed by atoms with Crippen molar-refractivity contribution in [2.24, 2.45) is 11.8 Å². The molecule has 0 spiro atoms. The largest absolute Gasteiger partial charge is 0.465 e. The average Bonchev–Trinajstić information content (AvgIpc) is 3.37. The summed E-state index contributed by atoms with van der Waals surface area (Å²) in [5.74, 6) is 0.713. The van der Waals surface area contributed by atoms with Gasteiger partial charge in [-0.15, -0.1) is 0 Å². The molecule has 0 saturated carbocycles. The summed E-state index contributed by atoms with van der Waals surface area (Å²) in [6, 6.07) is 0.345. The van der Waals surface area contributed by atoms with Crippen LogP contribution in [0.2, 0.25) is 0 Å². The van der Waals surface area contributed by atoms with E-state index in [4.69, 9.17) is 9.47 Å². The summed E-state index contributed by atoms with van der Waals surface area (Å²) in [7, 11) is 4.29. The van der Waals surface area contributed by atoms with Crippen LogP contribution in [0.4, 0.5) is 0 Å². The number of unbranched alkanes of at least 4 members (excludes halogenated alkanes) is 33. The van der Waals surface area contributed by atoms with Crippen LogP contribution in [-0.4, -0.2) is 74.1 Å². The number of hydrogen-bond acceptors (Lipinski definition) is 6. The molecule has 0 aliphatic carbocycles. The van der Waals surface area contributed by atoms with Gasteiger partial charge in [-0.3, -0.25) is 14.4 Å². The van der Waals surface area contributed by atoms with E-state index in [0.29, 0.717) is 31.6 Å². The van der Waals surface area contributed by atoms with Crippen LogP contribution < -0.4 is 0 Å². The predicted octanol–water partition coefficient (Wildman–Crippen LogP) is 19.9. The Morgan fingerprint density at radius 2 is 0.597 bits per heavy atom. The van der Waals surface area contributed by atoms with Crippen molar-refractivity contribution >= 4 is 17.8 Å². The van der Waals surface area contributed by atoms with E-state index in [0.717, 1.165) is 116 Å². The van der Waals surface area contributed by atoms with Gasteiger partial charge in [0.2, 0.25) is 5.91 Å². The van der Waals surface area contributed by atoms with Crippen LogP contribution in [0, 0.1) is 11.8 Å². The van der Waals surface area contributed by atoms with E-state index in [1.807, 2.05) is 0 Å². The molecule has 0 N–H and O–H groups in total. The highest BCUT2D eigenvalue weighted by Crippen LogP contribution is 2.25. The van der Waals surface area contributed by atoms with Gasteiger partial charge >= 0.3 is 11.9 Å². The third-order valence-corrected chi connectivity index (χ3v) is 15.7. The van der Waals surface area contributed by atoms with Gasteiger partial charge in [0, 0.05) is 19.0 Å². The monoisotopic (exact) mass is 1020 g/mol. The molecule has 0 aliphatic rings. The summed E-state index contributed by atoms with van der Waals surface area (Å²) in [5, 5.41) is 0. The molecule has 1 amide bonds. The zero-order chi connectivity index (χ0) is 52.8. The summed E-state index contributed by atoms with van der Waals surface area (Å²) in [4.78, 5) is 44.8. The Balaban J connectivity index is 5.00. The average molecular weight is 1020 g/mol. The van der Waals surface area contributed by atoms with E-state index in [-0.39, 0.29) is 23.8 Å². The van der Waals surface area contributed by atoms with Crippen LogP contribution in [0.3, 0.4) is 0 Å². The Morgan fingerprint density at radius 3 is 0.931 bits per heavy atom. The first kappa shape index (κ1) is 70.4. The Bertz CT molecular complexity index is 1080. The zero-order valence-corrected chi connectivity index (χ0v) is 49.9. The molecule has 0 aromatic carbocycles. The van der Waals surface area contributed by atoms with Crippen molar-refractivity contribution in [3.05, 3.63) is 0 Å². The van der Waals surface area contributed by atoms with Crippen molar-refractivity contribution in [1.82, 2.24) is 9.80 Å². The zero-order valence-electron chi connectivity index (χ0n) is 49.9. The number of carbonyl (C=O) groups is 3. The molecular formula is C65H128N2O5. The minimum absolute atomic E-state index is 0.0669. The molecular weight excluding hydrogens is 889 g/mol. The van der Waals surface area contributed by atoms with Gasteiger partial charge in [-0.05, 0) is 84.8 Å². The molecule has 0 saturated heterocycles. The lowest BCUT2D eigenvalue weighted by Crippen LogP contribution is -2.41. The highest BCUT2D eigenvalue weighted by Gasteiger charge is 2.24. The first-order chi connectivity index (χ1) is 35.2. The number of carbonyl (C=O) groups excluding carboxylic acids is 3. The molecule has 0 heterocycles. The van der Waals surface area contributed by atoms with Gasteiger partial charge in [-0.1, -0.05) is 272 Å². The summed E-state index contributed by atoms with van der Waals surface area (Å²) >= 11 is 0. The fourth-order valence-corrected chi connectivity index (χ4v) is 10.8. The topological polar surface area (TPSA) is 76.2 Å². The van der Waals surface area contributed by atoms with Crippen molar-refractivity contribution in [2.45, 2.75) is 349 Å². The second-order valence-electron chi connectivity index (χ2n) is 23.0. The summed E-state index contributed by atoms with van der Waals surface area (Å²) in [5.41, 5.74) is 0. The Labute approximate surface area is 450 Å². The molecule has 0 radical (unpaired) electrons. The molecule has 7 nitrogen and oxygen atoms in total. The van der Waals surface area contributed by atoms with Gasteiger partial charge in [-0.25, -0.2) is 0 Å². The fourth-order valence-electron chi connectivity index (χ4n) is 10.8. The lowest BCUT2D eigenvalue weighted by Gasteiger charge is -2.33. The lowest BCUT2D eigenvalue weighted by atomic mass is 9.94. The van der Waals surface area contributed by atoms with Crippen LogP contribution in [-0.2, 0) is 23.9 Å². The van der Waals surface area contributed by atoms with E-state index >= 15 is 0 Å². The standard InChI is InChI=1S/C65H128N2O5/c1-8-13-18-23-32-41-51-60(49-39-21-16-11-4)64(69)71-58-46-37-30-26-28-34-43-53-62(67(57-48-56-66(6)7)63(68)55-45-36-25-20-15-10-3)54-44-35-29-27-31-38-47-59-72-65(70)61(50-40-22-17-12-5)52-42-33-24-19-14-9-2/h60-62H,8-59H2,1-7H3. The van der Waals surface area contributed by atoms with E-state index in [9.17, 15) is 14.4 Å². The van der Waals surface area contributed by atoms with Crippen LogP contribution in [0.15, 0.2) is 0 Å². The highest BCUT2D eigenvalue weighted by molar-refractivity contribution is 5.76. The first-order valence-corrected chi connectivity index (χ1v) is 32.5. The number of esters is 2. The van der Waals surface area contributed by atoms with Crippen LogP contribution in [0.25, 0.3) is 0 Å². The first-order valence-electron chi connectivity index (χ1n) is 32.5. The minimum Gasteiger partial charge on any atom is -0.465 e. The van der Waals surface area contributed by atoms with Gasteiger partial charge in [0.25, 0.3) is 0 Å². The van der Waals surface area contributed by atoms with Crippen LogP contribution in [0.5, 0.6) is 0 Å². The Morgan fingerprint density at radius 1 is 0.319 bits per heavy atom. The van der Waals surface area contributed by atoms with Gasteiger partial charge in [-0.2, -0.15) is 0 Å². The smallest absolute Gasteiger partial charge is 0.308 e. The lowest BCUT2D eigenvalue weighted by molar-refractivity contribution is -0.150. The molecule has 0 aliphatic heterocycles. The third-order valence-electron chi connectivity index (χ3n) is 15.7. The summed E-state index contributed by atoms with van der Waals surface area (Å²) in [6.45, 7) is 14.4. The van der Waals surface area contributed by atoms with Gasteiger partial charge in [0.05, 0.1) is 25.0 Å². The van der Waals surface area contributed by atoms with Crippen molar-refractivity contribution < 1.29 is 23.9 Å². The molecule has 428 valence electrons. The van der Waals surface area contributed by atoms with E-state index in [1.54, 1.807) is 0 Å². The molecule has 0 rings (SSSR count). The van der Waals surface area contributed by atoms with E-state index in [1.165, 1.54) is 199 Å². The van der Waals surface area contributed by atoms with Crippen molar-refractivity contribution in [1.29, 1.82) is 0 Å². The summed E-state index contributed by atoms with van der Waals surface area (Å²) in [6.07, 6.45) is 56.7. The maximum atomic E-state index is 14.0. The molecule has 0 fully saturated rings. The normalized spacial score (nSPS) is 12.9. The maximum Gasteiger partial charge on any atom is 0.308 e. The molecule has 0 bridgehead atoms. The maximum absolute atomic E-state index is 14.0. The van der Waals surface area contributed by atoms with E-state index < -0.39 is 0 Å². The minimum atomic E-state index is 0.0669.